The molecule has 0 fully saturated rings. The number of hydrogen-bond acceptors (Lipinski definition) is 2. The van der Waals surface area contributed by atoms with Crippen molar-refractivity contribution in [2.75, 3.05) is 0 Å². The number of hydrogen-bond donors (Lipinski definition) is 0. The van der Waals surface area contributed by atoms with Gasteiger partial charge in [0.2, 0.25) is 11.6 Å². The highest BCUT2D eigenvalue weighted by molar-refractivity contribution is 6.45. The molecule has 2 nitrogen and oxygen atoms in total. The van der Waals surface area contributed by atoms with E-state index in [2.05, 4.69) is 0 Å². The maximum atomic E-state index is 11.6. The van der Waals surface area contributed by atoms with Gasteiger partial charge in [0.1, 0.15) is 0 Å². The van der Waals surface area contributed by atoms with E-state index in [9.17, 15) is 9.59 Å². The fraction of sp³-hybridized carbons (Fsp3) is 0.333. The van der Waals surface area contributed by atoms with Crippen molar-refractivity contribution >= 4 is 11.6 Å². The summed E-state index contributed by atoms with van der Waals surface area (Å²) in [5.41, 5.74) is 1.36. The van der Waals surface area contributed by atoms with Crippen LogP contribution in [-0.2, 0) is 10.2 Å². The third kappa shape index (κ3) is 1.18. The van der Waals surface area contributed by atoms with E-state index in [0.717, 1.165) is 5.56 Å². The quantitative estimate of drug-likeness (QED) is 0.584. The molecule has 0 spiro atoms. The number of ketones is 2. The van der Waals surface area contributed by atoms with Crippen LogP contribution in [0.4, 0.5) is 0 Å². The van der Waals surface area contributed by atoms with Gasteiger partial charge < -0.3 is 0 Å². The van der Waals surface area contributed by atoms with Crippen LogP contribution in [0.3, 0.4) is 0 Å². The van der Waals surface area contributed by atoms with Crippen LogP contribution in [-0.4, -0.2) is 11.6 Å². The molecule has 0 unspecified atom stereocenters. The summed E-state index contributed by atoms with van der Waals surface area (Å²) in [5, 5.41) is 0. The van der Waals surface area contributed by atoms with Gasteiger partial charge in [-0.25, -0.2) is 0 Å². The molecule has 14 heavy (non-hydrogen) atoms. The highest BCUT2D eigenvalue weighted by Crippen LogP contribution is 2.34. The number of carbonyl (C=O) groups is 2. The fourth-order valence-electron chi connectivity index (χ4n) is 2.00. The Labute approximate surface area is 82.9 Å². The van der Waals surface area contributed by atoms with Gasteiger partial charge in [-0.15, -0.1) is 0 Å². The van der Waals surface area contributed by atoms with E-state index in [1.54, 1.807) is 12.1 Å². The Morgan fingerprint density at radius 1 is 1.14 bits per heavy atom. The van der Waals surface area contributed by atoms with Crippen molar-refractivity contribution in [2.24, 2.45) is 0 Å². The lowest BCUT2D eigenvalue weighted by atomic mass is 9.72. The zero-order valence-corrected chi connectivity index (χ0v) is 8.33. The zero-order chi connectivity index (χ0) is 10.3. The summed E-state index contributed by atoms with van der Waals surface area (Å²) in [5.74, 6) is -0.603. The molecular weight excluding hydrogens is 176 g/mol. The van der Waals surface area contributed by atoms with E-state index in [1.165, 1.54) is 0 Å². The lowest BCUT2D eigenvalue weighted by molar-refractivity contribution is -0.116. The molecule has 2 heteroatoms. The van der Waals surface area contributed by atoms with Gasteiger partial charge in [0, 0.05) is 12.0 Å². The average Bonchev–Trinajstić information content (AvgIpc) is 2.14. The molecule has 2 rings (SSSR count). The monoisotopic (exact) mass is 188 g/mol. The second-order valence-electron chi connectivity index (χ2n) is 4.36. The van der Waals surface area contributed by atoms with Gasteiger partial charge in [0.15, 0.2) is 0 Å². The standard InChI is InChI=1S/C12H12O2/c1-12(2)7-10(13)11(14)8-5-3-4-6-9(8)12/h3-6H,7H2,1-2H3. The first-order valence-corrected chi connectivity index (χ1v) is 4.69. The van der Waals surface area contributed by atoms with E-state index in [1.807, 2.05) is 26.0 Å². The Morgan fingerprint density at radius 2 is 1.79 bits per heavy atom. The summed E-state index contributed by atoms with van der Waals surface area (Å²) < 4.78 is 0. The van der Waals surface area contributed by atoms with Crippen molar-refractivity contribution in [1.29, 1.82) is 0 Å². The highest BCUT2D eigenvalue weighted by atomic mass is 16.2. The Bertz CT molecular complexity index is 416. The van der Waals surface area contributed by atoms with Crippen molar-refractivity contribution in [3.05, 3.63) is 35.4 Å². The molecule has 0 aromatic heterocycles. The zero-order valence-electron chi connectivity index (χ0n) is 8.33. The van der Waals surface area contributed by atoms with Crippen LogP contribution in [0.25, 0.3) is 0 Å². The number of carbonyl (C=O) groups excluding carboxylic acids is 2. The minimum atomic E-state index is -0.333. The summed E-state index contributed by atoms with van der Waals surface area (Å²) >= 11 is 0. The van der Waals surface area contributed by atoms with Crippen LogP contribution in [0, 0.1) is 0 Å². The predicted molar refractivity (Wildman–Crippen MR) is 53.4 cm³/mol. The van der Waals surface area contributed by atoms with Gasteiger partial charge in [-0.1, -0.05) is 38.1 Å². The molecule has 0 atom stereocenters. The molecule has 1 aliphatic carbocycles. The predicted octanol–water partition coefficient (Wildman–Crippen LogP) is 2.12. The molecule has 1 aliphatic rings. The maximum Gasteiger partial charge on any atom is 0.228 e. The summed E-state index contributed by atoms with van der Waals surface area (Å²) in [6, 6.07) is 7.37. The van der Waals surface area contributed by atoms with Crippen LogP contribution in [0.5, 0.6) is 0 Å². The molecule has 0 heterocycles. The number of Topliss-reactive ketones (excluding diaryl/α,β-unsaturated/α-hetero) is 2. The van der Waals surface area contributed by atoms with Crippen LogP contribution >= 0.6 is 0 Å². The SMILES string of the molecule is CC1(C)CC(=O)C(=O)c2ccccc21. The van der Waals surface area contributed by atoms with Crippen molar-refractivity contribution in [2.45, 2.75) is 25.7 Å². The van der Waals surface area contributed by atoms with E-state index < -0.39 is 0 Å². The van der Waals surface area contributed by atoms with E-state index in [4.69, 9.17) is 0 Å². The second kappa shape index (κ2) is 2.77. The molecule has 1 aromatic carbocycles. The average molecular weight is 188 g/mol. The molecule has 0 aliphatic heterocycles. The third-order valence-electron chi connectivity index (χ3n) is 2.76. The molecule has 72 valence electrons. The van der Waals surface area contributed by atoms with Crippen LogP contribution < -0.4 is 0 Å². The van der Waals surface area contributed by atoms with Crippen molar-refractivity contribution < 1.29 is 9.59 Å². The van der Waals surface area contributed by atoms with Gasteiger partial charge in [0.05, 0.1) is 0 Å². The summed E-state index contributed by atoms with van der Waals surface area (Å²) in [6.07, 6.45) is 0.322. The van der Waals surface area contributed by atoms with Gasteiger partial charge in [-0.05, 0) is 11.0 Å². The molecule has 0 bridgehead atoms. The smallest absolute Gasteiger partial charge is 0.228 e. The van der Waals surface area contributed by atoms with Crippen LogP contribution in [0.15, 0.2) is 24.3 Å². The summed E-state index contributed by atoms with van der Waals surface area (Å²) in [6.45, 7) is 3.99. The Morgan fingerprint density at radius 3 is 2.50 bits per heavy atom. The summed E-state index contributed by atoms with van der Waals surface area (Å²) in [4.78, 5) is 23.0. The van der Waals surface area contributed by atoms with Crippen molar-refractivity contribution in [3.8, 4) is 0 Å². The first kappa shape index (κ1) is 9.13. The molecular formula is C12H12O2. The minimum Gasteiger partial charge on any atom is -0.290 e. The Kier molecular flexibility index (Phi) is 1.81. The highest BCUT2D eigenvalue weighted by Gasteiger charge is 2.36. The largest absolute Gasteiger partial charge is 0.290 e. The molecule has 0 N–H and O–H groups in total. The lowest BCUT2D eigenvalue weighted by Gasteiger charge is -2.30. The van der Waals surface area contributed by atoms with Gasteiger partial charge in [0.25, 0.3) is 0 Å². The van der Waals surface area contributed by atoms with E-state index in [-0.39, 0.29) is 17.0 Å². The molecule has 0 saturated carbocycles. The first-order valence-electron chi connectivity index (χ1n) is 4.69. The Balaban J connectivity index is 2.67. The number of rotatable bonds is 0. The third-order valence-corrected chi connectivity index (χ3v) is 2.76. The Hall–Kier alpha value is -1.44. The first-order chi connectivity index (χ1) is 6.52. The van der Waals surface area contributed by atoms with Crippen LogP contribution in [0.1, 0.15) is 36.2 Å². The maximum absolute atomic E-state index is 11.6. The second-order valence-corrected chi connectivity index (χ2v) is 4.36. The number of fused-ring (bicyclic) bond motifs is 1. The van der Waals surface area contributed by atoms with E-state index >= 15 is 0 Å². The van der Waals surface area contributed by atoms with E-state index in [0.29, 0.717) is 12.0 Å². The number of benzene rings is 1. The van der Waals surface area contributed by atoms with Crippen LogP contribution in [0.2, 0.25) is 0 Å². The topological polar surface area (TPSA) is 34.1 Å². The van der Waals surface area contributed by atoms with Gasteiger partial charge in [-0.3, -0.25) is 9.59 Å². The lowest BCUT2D eigenvalue weighted by Crippen LogP contribution is -2.34. The van der Waals surface area contributed by atoms with Gasteiger partial charge >= 0.3 is 0 Å². The molecule has 1 aromatic rings. The normalized spacial score (nSPS) is 19.3. The molecule has 0 amide bonds. The van der Waals surface area contributed by atoms with Crippen molar-refractivity contribution in [3.63, 3.8) is 0 Å². The molecule has 0 radical (unpaired) electrons. The fourth-order valence-corrected chi connectivity index (χ4v) is 2.00. The minimum absolute atomic E-state index is 0.207. The van der Waals surface area contributed by atoms with Gasteiger partial charge in [-0.2, -0.15) is 0 Å². The van der Waals surface area contributed by atoms with Crippen molar-refractivity contribution in [1.82, 2.24) is 0 Å². The molecule has 0 saturated heterocycles. The summed E-state index contributed by atoms with van der Waals surface area (Å²) in [7, 11) is 0.